The Bertz CT molecular complexity index is 1150. The van der Waals surface area contributed by atoms with Crippen LogP contribution in [0.5, 0.6) is 0 Å². The van der Waals surface area contributed by atoms with E-state index in [2.05, 4.69) is 15.5 Å². The van der Waals surface area contributed by atoms with Gasteiger partial charge in [-0.2, -0.15) is 5.10 Å². The molecule has 10 heteroatoms. The van der Waals surface area contributed by atoms with Gasteiger partial charge in [0.1, 0.15) is 5.69 Å². The number of amides is 2. The molecule has 2 aromatic rings. The maximum Gasteiger partial charge on any atom is 0.272 e. The van der Waals surface area contributed by atoms with Crippen LogP contribution in [0.25, 0.3) is 0 Å². The van der Waals surface area contributed by atoms with Crippen molar-refractivity contribution in [1.82, 2.24) is 20.4 Å². The number of H-pyrrole nitrogens is 1. The van der Waals surface area contributed by atoms with Gasteiger partial charge < -0.3 is 10.2 Å². The van der Waals surface area contributed by atoms with Crippen molar-refractivity contribution in [2.24, 2.45) is 0 Å². The van der Waals surface area contributed by atoms with Gasteiger partial charge in [-0.25, -0.2) is 8.42 Å². The minimum atomic E-state index is -3.19. The molecule has 164 valence electrons. The standard InChI is InChI=1S/C21H23ClN4O4S/c22-14-3-1-13(2-4-14)11-23-19(27)17-16-7-10-26(20(28)18(16)25-24-17)12-21(8-9-21)31(29,30)15-5-6-15/h1-4,15H,5-12H2,(H,23,27)(H,24,25). The number of fused-ring (bicyclic) bond motifs is 1. The summed E-state index contributed by atoms with van der Waals surface area (Å²) >= 11 is 5.88. The highest BCUT2D eigenvalue weighted by molar-refractivity contribution is 7.94. The average molecular weight is 463 g/mol. The summed E-state index contributed by atoms with van der Waals surface area (Å²) in [4.78, 5) is 27.2. The lowest BCUT2D eigenvalue weighted by atomic mass is 10.0. The first-order chi connectivity index (χ1) is 14.8. The quantitative estimate of drug-likeness (QED) is 0.654. The topological polar surface area (TPSA) is 112 Å². The number of hydrogen-bond acceptors (Lipinski definition) is 5. The van der Waals surface area contributed by atoms with Crippen molar-refractivity contribution >= 4 is 33.3 Å². The van der Waals surface area contributed by atoms with E-state index in [1.165, 1.54) is 0 Å². The fourth-order valence-electron chi connectivity index (χ4n) is 4.25. The predicted molar refractivity (Wildman–Crippen MR) is 115 cm³/mol. The number of halogens is 1. The third-order valence-corrected chi connectivity index (χ3v) is 9.78. The number of hydrogen-bond donors (Lipinski definition) is 2. The number of aromatic nitrogens is 2. The Hall–Kier alpha value is -2.39. The van der Waals surface area contributed by atoms with Crippen molar-refractivity contribution in [3.05, 3.63) is 51.8 Å². The first kappa shape index (κ1) is 20.5. The second kappa shape index (κ2) is 7.34. The summed E-state index contributed by atoms with van der Waals surface area (Å²) in [5, 5.41) is 10.00. The molecule has 2 heterocycles. The number of carbonyl (C=O) groups is 2. The van der Waals surface area contributed by atoms with Gasteiger partial charge in [0.2, 0.25) is 0 Å². The van der Waals surface area contributed by atoms with Crippen LogP contribution >= 0.6 is 11.6 Å². The molecule has 2 aliphatic carbocycles. The van der Waals surface area contributed by atoms with Crippen LogP contribution in [-0.2, 0) is 22.8 Å². The van der Waals surface area contributed by atoms with E-state index in [9.17, 15) is 18.0 Å². The van der Waals surface area contributed by atoms with Crippen LogP contribution in [0.15, 0.2) is 24.3 Å². The van der Waals surface area contributed by atoms with E-state index in [1.54, 1.807) is 17.0 Å². The fraction of sp³-hybridized carbons (Fsp3) is 0.476. The second-order valence-corrected chi connectivity index (χ2v) is 11.7. The van der Waals surface area contributed by atoms with Crippen molar-refractivity contribution in [1.29, 1.82) is 0 Å². The molecule has 0 atom stereocenters. The molecule has 0 spiro atoms. The smallest absolute Gasteiger partial charge is 0.272 e. The van der Waals surface area contributed by atoms with E-state index in [0.717, 1.165) is 18.4 Å². The van der Waals surface area contributed by atoms with Crippen LogP contribution in [0.1, 0.15) is 57.8 Å². The lowest BCUT2D eigenvalue weighted by Gasteiger charge is -2.30. The highest BCUT2D eigenvalue weighted by Gasteiger charge is 2.60. The molecule has 0 unspecified atom stereocenters. The molecule has 2 saturated carbocycles. The molecule has 2 N–H and O–H groups in total. The van der Waals surface area contributed by atoms with Gasteiger partial charge in [0, 0.05) is 30.2 Å². The zero-order chi connectivity index (χ0) is 21.8. The molecule has 5 rings (SSSR count). The van der Waals surface area contributed by atoms with Gasteiger partial charge in [-0.15, -0.1) is 0 Å². The van der Waals surface area contributed by atoms with Crippen molar-refractivity contribution in [3.63, 3.8) is 0 Å². The van der Waals surface area contributed by atoms with Crippen LogP contribution in [0, 0.1) is 0 Å². The maximum absolute atomic E-state index is 13.0. The van der Waals surface area contributed by atoms with Crippen molar-refractivity contribution in [3.8, 4) is 0 Å². The Balaban J connectivity index is 1.27. The SMILES string of the molecule is O=C(NCc1ccc(Cl)cc1)c1n[nH]c2c1CCN(CC1(S(=O)(=O)C3CC3)CC1)C2=O. The zero-order valence-corrected chi connectivity index (χ0v) is 18.4. The minimum Gasteiger partial charge on any atom is -0.347 e. The van der Waals surface area contributed by atoms with Crippen LogP contribution < -0.4 is 5.32 Å². The van der Waals surface area contributed by atoms with E-state index in [4.69, 9.17) is 11.6 Å². The monoisotopic (exact) mass is 462 g/mol. The average Bonchev–Trinajstić information content (AvgIpc) is 3.67. The largest absolute Gasteiger partial charge is 0.347 e. The number of aromatic amines is 1. The van der Waals surface area contributed by atoms with Gasteiger partial charge in [-0.3, -0.25) is 14.7 Å². The third kappa shape index (κ3) is 3.63. The molecule has 8 nitrogen and oxygen atoms in total. The summed E-state index contributed by atoms with van der Waals surface area (Å²) in [6.45, 7) is 0.922. The maximum atomic E-state index is 13.0. The summed E-state index contributed by atoms with van der Waals surface area (Å²) in [5.41, 5.74) is 1.98. The van der Waals surface area contributed by atoms with Gasteiger partial charge in [-0.05, 0) is 49.8 Å². The van der Waals surface area contributed by atoms with E-state index < -0.39 is 14.6 Å². The molecular formula is C21H23ClN4O4S. The summed E-state index contributed by atoms with van der Waals surface area (Å²) in [6, 6.07) is 7.16. The normalized spacial score (nSPS) is 19.8. The van der Waals surface area contributed by atoms with Gasteiger partial charge in [0.15, 0.2) is 15.5 Å². The Labute approximate surface area is 185 Å². The van der Waals surface area contributed by atoms with Crippen LogP contribution in [0.4, 0.5) is 0 Å². The number of rotatable bonds is 7. The molecular weight excluding hydrogens is 440 g/mol. The second-order valence-electron chi connectivity index (χ2n) is 8.64. The lowest BCUT2D eigenvalue weighted by Crippen LogP contribution is -2.46. The molecule has 0 radical (unpaired) electrons. The highest BCUT2D eigenvalue weighted by Crippen LogP contribution is 2.50. The van der Waals surface area contributed by atoms with Crippen LogP contribution in [-0.4, -0.2) is 58.4 Å². The first-order valence-corrected chi connectivity index (χ1v) is 12.4. The van der Waals surface area contributed by atoms with Gasteiger partial charge >= 0.3 is 0 Å². The number of sulfone groups is 1. The number of benzene rings is 1. The predicted octanol–water partition coefficient (Wildman–Crippen LogP) is 2.10. The summed E-state index contributed by atoms with van der Waals surface area (Å²) in [5.74, 6) is -0.647. The molecule has 3 aliphatic rings. The Kier molecular flexibility index (Phi) is 4.86. The van der Waals surface area contributed by atoms with Gasteiger partial charge in [0.05, 0.1) is 10.00 Å². The molecule has 1 aromatic carbocycles. The molecule has 31 heavy (non-hydrogen) atoms. The Morgan fingerprint density at radius 2 is 1.97 bits per heavy atom. The third-order valence-electron chi connectivity index (χ3n) is 6.43. The number of nitrogens with zero attached hydrogens (tertiary/aromatic N) is 2. The zero-order valence-electron chi connectivity index (χ0n) is 16.9. The van der Waals surface area contributed by atoms with E-state index >= 15 is 0 Å². The van der Waals surface area contributed by atoms with Crippen LogP contribution in [0.2, 0.25) is 5.02 Å². The Morgan fingerprint density at radius 3 is 2.61 bits per heavy atom. The number of nitrogens with one attached hydrogen (secondary N) is 2. The summed E-state index contributed by atoms with van der Waals surface area (Å²) < 4.78 is 24.8. The van der Waals surface area contributed by atoms with E-state index in [0.29, 0.717) is 42.9 Å². The lowest BCUT2D eigenvalue weighted by molar-refractivity contribution is 0.0730. The van der Waals surface area contributed by atoms with Gasteiger partial charge in [0.25, 0.3) is 11.8 Å². The summed E-state index contributed by atoms with van der Waals surface area (Å²) in [7, 11) is -3.19. The molecule has 1 aromatic heterocycles. The number of carbonyl (C=O) groups excluding carboxylic acids is 2. The summed E-state index contributed by atoms with van der Waals surface area (Å²) in [6.07, 6.45) is 3.16. The fourth-order valence-corrected chi connectivity index (χ4v) is 6.85. The van der Waals surface area contributed by atoms with E-state index in [-0.39, 0.29) is 35.0 Å². The van der Waals surface area contributed by atoms with Gasteiger partial charge in [-0.1, -0.05) is 23.7 Å². The molecule has 2 amide bonds. The molecule has 0 bridgehead atoms. The van der Waals surface area contributed by atoms with Crippen molar-refractivity contribution in [2.45, 2.75) is 48.6 Å². The molecule has 2 fully saturated rings. The van der Waals surface area contributed by atoms with E-state index in [1.807, 2.05) is 12.1 Å². The molecule has 1 aliphatic heterocycles. The van der Waals surface area contributed by atoms with Crippen molar-refractivity contribution < 1.29 is 18.0 Å². The highest BCUT2D eigenvalue weighted by atomic mass is 35.5. The van der Waals surface area contributed by atoms with Crippen LogP contribution in [0.3, 0.4) is 0 Å². The molecule has 0 saturated heterocycles. The minimum absolute atomic E-state index is 0.212. The Morgan fingerprint density at radius 1 is 1.26 bits per heavy atom. The first-order valence-electron chi connectivity index (χ1n) is 10.4. The van der Waals surface area contributed by atoms with Crippen molar-refractivity contribution in [2.75, 3.05) is 13.1 Å².